The second-order valence-electron chi connectivity index (χ2n) is 4.78. The van der Waals surface area contributed by atoms with Gasteiger partial charge in [0.15, 0.2) is 11.6 Å². The fourth-order valence-corrected chi connectivity index (χ4v) is 3.08. The maximum Gasteiger partial charge on any atom is 0.264 e. The molecule has 2 rings (SSSR count). The zero-order chi connectivity index (χ0) is 17.2. The first-order valence-corrected chi connectivity index (χ1v) is 7.97. The Kier molecular flexibility index (Phi) is 4.65. The first kappa shape index (κ1) is 16.9. The fraction of sp³-hybridized carbons (Fsp3) is 0.133. The highest BCUT2D eigenvalue weighted by atomic mass is 32.2. The SMILES string of the molecule is CC(=O)Nc1ccc(S(=O)(=O)N(C)c2ccc(F)c(F)c2)cc1. The minimum absolute atomic E-state index is 0.00478. The van der Waals surface area contributed by atoms with E-state index in [9.17, 15) is 22.0 Å². The van der Waals surface area contributed by atoms with Gasteiger partial charge in [-0.2, -0.15) is 0 Å². The van der Waals surface area contributed by atoms with Crippen LogP contribution in [-0.2, 0) is 14.8 Å². The normalized spacial score (nSPS) is 11.1. The number of carbonyl (C=O) groups excluding carboxylic acids is 1. The first-order valence-electron chi connectivity index (χ1n) is 6.53. The number of rotatable bonds is 4. The van der Waals surface area contributed by atoms with Crippen LogP contribution in [0.25, 0.3) is 0 Å². The van der Waals surface area contributed by atoms with Crippen LogP contribution in [-0.4, -0.2) is 21.4 Å². The van der Waals surface area contributed by atoms with Crippen LogP contribution in [0.4, 0.5) is 20.2 Å². The van der Waals surface area contributed by atoms with Gasteiger partial charge in [-0.1, -0.05) is 0 Å². The lowest BCUT2D eigenvalue weighted by Gasteiger charge is -2.19. The van der Waals surface area contributed by atoms with E-state index in [2.05, 4.69) is 5.32 Å². The smallest absolute Gasteiger partial charge is 0.264 e. The van der Waals surface area contributed by atoms with Gasteiger partial charge in [0, 0.05) is 25.7 Å². The molecule has 0 spiro atoms. The molecule has 23 heavy (non-hydrogen) atoms. The molecule has 1 N–H and O–H groups in total. The number of amides is 1. The van der Waals surface area contributed by atoms with E-state index in [4.69, 9.17) is 0 Å². The molecule has 2 aromatic rings. The van der Waals surface area contributed by atoms with Gasteiger partial charge < -0.3 is 5.32 Å². The number of hydrogen-bond donors (Lipinski definition) is 1. The Labute approximate surface area is 132 Å². The molecule has 122 valence electrons. The van der Waals surface area contributed by atoms with Crippen molar-refractivity contribution in [3.63, 3.8) is 0 Å². The number of halogens is 2. The number of carbonyl (C=O) groups is 1. The Hall–Kier alpha value is -2.48. The van der Waals surface area contributed by atoms with Crippen molar-refractivity contribution in [1.29, 1.82) is 0 Å². The molecular weight excluding hydrogens is 326 g/mol. The molecule has 2 aromatic carbocycles. The van der Waals surface area contributed by atoms with E-state index < -0.39 is 21.7 Å². The molecule has 0 saturated heterocycles. The van der Waals surface area contributed by atoms with E-state index in [1.165, 1.54) is 44.3 Å². The molecule has 0 aliphatic heterocycles. The Morgan fingerprint density at radius 1 is 1.04 bits per heavy atom. The van der Waals surface area contributed by atoms with Crippen LogP contribution in [0.15, 0.2) is 47.4 Å². The van der Waals surface area contributed by atoms with E-state index in [0.29, 0.717) is 5.69 Å². The maximum atomic E-state index is 13.3. The van der Waals surface area contributed by atoms with E-state index in [0.717, 1.165) is 16.4 Å². The lowest BCUT2D eigenvalue weighted by atomic mass is 10.3. The second-order valence-corrected chi connectivity index (χ2v) is 6.75. The third-order valence-electron chi connectivity index (χ3n) is 3.10. The van der Waals surface area contributed by atoms with Gasteiger partial charge in [-0.25, -0.2) is 17.2 Å². The Balaban J connectivity index is 2.33. The average Bonchev–Trinajstić information content (AvgIpc) is 2.49. The summed E-state index contributed by atoms with van der Waals surface area (Å²) >= 11 is 0. The predicted octanol–water partition coefficient (Wildman–Crippen LogP) is 2.75. The van der Waals surface area contributed by atoms with Gasteiger partial charge in [-0.3, -0.25) is 9.10 Å². The molecule has 0 saturated carbocycles. The molecule has 0 aliphatic rings. The first-order chi connectivity index (χ1) is 10.7. The van der Waals surface area contributed by atoms with Crippen molar-refractivity contribution in [1.82, 2.24) is 0 Å². The summed E-state index contributed by atoms with van der Waals surface area (Å²) in [6.45, 7) is 1.33. The molecule has 0 fully saturated rings. The monoisotopic (exact) mass is 340 g/mol. The summed E-state index contributed by atoms with van der Waals surface area (Å²) in [6, 6.07) is 8.34. The molecule has 0 heterocycles. The molecule has 0 aliphatic carbocycles. The van der Waals surface area contributed by atoms with Gasteiger partial charge in [0.05, 0.1) is 10.6 Å². The Morgan fingerprint density at radius 2 is 1.65 bits per heavy atom. The molecular formula is C15H14F2N2O3S. The largest absolute Gasteiger partial charge is 0.326 e. The molecule has 0 aromatic heterocycles. The lowest BCUT2D eigenvalue weighted by Crippen LogP contribution is -2.26. The van der Waals surface area contributed by atoms with Crippen molar-refractivity contribution in [3.8, 4) is 0 Å². The highest BCUT2D eigenvalue weighted by Crippen LogP contribution is 2.24. The lowest BCUT2D eigenvalue weighted by molar-refractivity contribution is -0.114. The van der Waals surface area contributed by atoms with E-state index in [1.54, 1.807) is 0 Å². The van der Waals surface area contributed by atoms with Gasteiger partial charge in [0.25, 0.3) is 10.0 Å². The second kappa shape index (κ2) is 6.33. The van der Waals surface area contributed by atoms with Crippen LogP contribution in [0.5, 0.6) is 0 Å². The van der Waals surface area contributed by atoms with Crippen LogP contribution in [0.2, 0.25) is 0 Å². The van der Waals surface area contributed by atoms with Gasteiger partial charge in [0.2, 0.25) is 5.91 Å². The minimum Gasteiger partial charge on any atom is -0.326 e. The topological polar surface area (TPSA) is 66.5 Å². The predicted molar refractivity (Wildman–Crippen MR) is 82.7 cm³/mol. The Bertz CT molecular complexity index is 836. The van der Waals surface area contributed by atoms with Crippen molar-refractivity contribution in [2.75, 3.05) is 16.7 Å². The number of hydrogen-bond acceptors (Lipinski definition) is 3. The summed E-state index contributed by atoms with van der Waals surface area (Å²) < 4.78 is 52.0. The molecule has 0 radical (unpaired) electrons. The van der Waals surface area contributed by atoms with Gasteiger partial charge in [-0.05, 0) is 36.4 Å². The zero-order valence-corrected chi connectivity index (χ0v) is 13.2. The van der Waals surface area contributed by atoms with Crippen molar-refractivity contribution >= 4 is 27.3 Å². The average molecular weight is 340 g/mol. The van der Waals surface area contributed by atoms with Gasteiger partial charge >= 0.3 is 0 Å². The van der Waals surface area contributed by atoms with Crippen LogP contribution in [0, 0.1) is 11.6 Å². The molecule has 0 atom stereocenters. The number of benzene rings is 2. The number of anilines is 2. The molecule has 0 bridgehead atoms. The summed E-state index contributed by atoms with van der Waals surface area (Å²) in [5.41, 5.74) is 0.446. The van der Waals surface area contributed by atoms with Crippen molar-refractivity contribution in [3.05, 3.63) is 54.1 Å². The van der Waals surface area contributed by atoms with Crippen LogP contribution >= 0.6 is 0 Å². The van der Waals surface area contributed by atoms with Crippen molar-refractivity contribution < 1.29 is 22.0 Å². The van der Waals surface area contributed by atoms with E-state index in [-0.39, 0.29) is 16.5 Å². The third kappa shape index (κ3) is 3.65. The fourth-order valence-electron chi connectivity index (χ4n) is 1.89. The van der Waals surface area contributed by atoms with E-state index >= 15 is 0 Å². The Morgan fingerprint density at radius 3 is 2.17 bits per heavy atom. The number of sulfonamides is 1. The van der Waals surface area contributed by atoms with E-state index in [1.807, 2.05) is 0 Å². The molecule has 1 amide bonds. The molecule has 8 heteroatoms. The summed E-state index contributed by atoms with van der Waals surface area (Å²) in [7, 11) is -2.70. The number of nitrogens with zero attached hydrogens (tertiary/aromatic N) is 1. The summed E-state index contributed by atoms with van der Waals surface area (Å²) in [5, 5.41) is 2.52. The quantitative estimate of drug-likeness (QED) is 0.931. The summed E-state index contributed by atoms with van der Waals surface area (Å²) in [4.78, 5) is 10.9. The van der Waals surface area contributed by atoms with Crippen LogP contribution < -0.4 is 9.62 Å². The maximum absolute atomic E-state index is 13.3. The number of nitrogens with one attached hydrogen (secondary N) is 1. The van der Waals surface area contributed by atoms with Crippen LogP contribution in [0.3, 0.4) is 0 Å². The molecule has 5 nitrogen and oxygen atoms in total. The third-order valence-corrected chi connectivity index (χ3v) is 4.90. The highest BCUT2D eigenvalue weighted by Gasteiger charge is 2.22. The summed E-state index contributed by atoms with van der Waals surface area (Å²) in [6.07, 6.45) is 0. The van der Waals surface area contributed by atoms with Gasteiger partial charge in [-0.15, -0.1) is 0 Å². The van der Waals surface area contributed by atoms with Crippen molar-refractivity contribution in [2.24, 2.45) is 0 Å². The van der Waals surface area contributed by atoms with Gasteiger partial charge in [0.1, 0.15) is 0 Å². The summed E-state index contributed by atoms with van der Waals surface area (Å²) in [5.74, 6) is -2.47. The standard InChI is InChI=1S/C15H14F2N2O3S/c1-10(20)18-11-3-6-13(7-4-11)23(21,22)19(2)12-5-8-14(16)15(17)9-12/h3-9H,1-2H3,(H,18,20). The highest BCUT2D eigenvalue weighted by molar-refractivity contribution is 7.92. The van der Waals surface area contributed by atoms with Crippen molar-refractivity contribution in [2.45, 2.75) is 11.8 Å². The molecule has 0 unspecified atom stereocenters. The minimum atomic E-state index is -3.94. The van der Waals surface area contributed by atoms with Crippen LogP contribution in [0.1, 0.15) is 6.92 Å². The zero-order valence-electron chi connectivity index (χ0n) is 12.4.